The Kier molecular flexibility index (Phi) is 4.54. The first kappa shape index (κ1) is 19.7. The molecule has 0 saturated heterocycles. The van der Waals surface area contributed by atoms with Gasteiger partial charge in [-0.2, -0.15) is 4.57 Å². The van der Waals surface area contributed by atoms with E-state index < -0.39 is 0 Å². The van der Waals surface area contributed by atoms with E-state index in [1.54, 1.807) is 0 Å². The number of aryl methyl sites for hydroxylation is 2. The molecule has 1 aliphatic carbocycles. The fraction of sp³-hybridized carbons (Fsp3) is 0.464. The van der Waals surface area contributed by atoms with Crippen LogP contribution >= 0.6 is 0 Å². The molecule has 1 nitrogen and oxygen atoms in total. The summed E-state index contributed by atoms with van der Waals surface area (Å²) in [5, 5.41) is 2.60. The Morgan fingerprint density at radius 1 is 1.03 bits per heavy atom. The maximum atomic E-state index is 14.8. The molecule has 2 heteroatoms. The van der Waals surface area contributed by atoms with Gasteiger partial charge in [-0.1, -0.05) is 45.2 Å². The number of halogens is 1. The van der Waals surface area contributed by atoms with Gasteiger partial charge in [-0.15, -0.1) is 0 Å². The van der Waals surface area contributed by atoms with Gasteiger partial charge >= 0.3 is 0 Å². The highest BCUT2D eigenvalue weighted by atomic mass is 19.1. The maximum absolute atomic E-state index is 14.8. The summed E-state index contributed by atoms with van der Waals surface area (Å²) >= 11 is 0. The van der Waals surface area contributed by atoms with Crippen molar-refractivity contribution in [3.05, 3.63) is 65.1 Å². The smallest absolute Gasteiger partial charge is 0.207 e. The lowest BCUT2D eigenvalue weighted by Gasteiger charge is -2.29. The van der Waals surface area contributed by atoms with Crippen molar-refractivity contribution in [2.24, 2.45) is 0 Å². The first-order chi connectivity index (χ1) is 14.4. The van der Waals surface area contributed by atoms with Crippen molar-refractivity contribution in [1.29, 1.82) is 0 Å². The molecule has 156 valence electrons. The topological polar surface area (TPSA) is 3.88 Å². The second-order valence-corrected chi connectivity index (χ2v) is 9.84. The monoisotopic (exact) mass is 402 g/mol. The van der Waals surface area contributed by atoms with Gasteiger partial charge in [-0.3, -0.25) is 0 Å². The molecule has 1 saturated carbocycles. The minimum atomic E-state index is -0.0626. The van der Waals surface area contributed by atoms with Gasteiger partial charge in [0.25, 0.3) is 0 Å². The number of pyridine rings is 1. The molecule has 0 N–H and O–H groups in total. The third-order valence-corrected chi connectivity index (χ3v) is 7.92. The van der Waals surface area contributed by atoms with E-state index in [2.05, 4.69) is 61.9 Å². The molecule has 0 radical (unpaired) electrons. The lowest BCUT2D eigenvalue weighted by Crippen LogP contribution is -2.53. The van der Waals surface area contributed by atoms with Crippen molar-refractivity contribution in [1.82, 2.24) is 0 Å². The molecule has 0 spiro atoms. The van der Waals surface area contributed by atoms with Crippen molar-refractivity contribution in [2.45, 2.75) is 83.6 Å². The number of benzene rings is 2. The zero-order valence-corrected chi connectivity index (χ0v) is 18.8. The van der Waals surface area contributed by atoms with E-state index in [1.807, 2.05) is 13.0 Å². The molecule has 2 unspecified atom stereocenters. The summed E-state index contributed by atoms with van der Waals surface area (Å²) in [5.41, 5.74) is 6.03. The predicted molar refractivity (Wildman–Crippen MR) is 122 cm³/mol. The van der Waals surface area contributed by atoms with Crippen LogP contribution in [0.1, 0.15) is 76.0 Å². The molecular formula is C28H33FN+. The maximum Gasteiger partial charge on any atom is 0.221 e. The first-order valence-corrected chi connectivity index (χ1v) is 11.7. The average Bonchev–Trinajstić information content (AvgIpc) is 3.36. The van der Waals surface area contributed by atoms with Crippen LogP contribution in [0.2, 0.25) is 0 Å². The van der Waals surface area contributed by atoms with Crippen LogP contribution in [0.25, 0.3) is 22.0 Å². The van der Waals surface area contributed by atoms with E-state index in [-0.39, 0.29) is 16.8 Å². The number of nitrogens with zero attached hydrogens (tertiary/aromatic N) is 1. The molecule has 1 fully saturated rings. The first-order valence-electron chi connectivity index (χ1n) is 11.7. The van der Waals surface area contributed by atoms with E-state index in [1.165, 1.54) is 52.4 Å². The van der Waals surface area contributed by atoms with Crippen LogP contribution in [0.5, 0.6) is 0 Å². The Balaban J connectivity index is 1.76. The van der Waals surface area contributed by atoms with Gasteiger partial charge in [0.1, 0.15) is 5.82 Å². The summed E-state index contributed by atoms with van der Waals surface area (Å²) < 4.78 is 17.3. The van der Waals surface area contributed by atoms with E-state index in [0.29, 0.717) is 0 Å². The molecule has 30 heavy (non-hydrogen) atoms. The quantitative estimate of drug-likeness (QED) is 0.305. The van der Waals surface area contributed by atoms with Crippen LogP contribution in [0, 0.1) is 12.7 Å². The molecule has 2 aliphatic rings. The van der Waals surface area contributed by atoms with E-state index in [4.69, 9.17) is 0 Å². The van der Waals surface area contributed by atoms with Gasteiger partial charge in [0, 0.05) is 19.4 Å². The number of hydrogen-bond acceptors (Lipinski definition) is 0. The van der Waals surface area contributed by atoms with E-state index >= 15 is 0 Å². The number of rotatable bonds is 6. The molecule has 1 aromatic heterocycles. The lowest BCUT2D eigenvalue weighted by atomic mass is 9.78. The molecule has 0 amide bonds. The summed E-state index contributed by atoms with van der Waals surface area (Å²) in [6.07, 6.45) is 10.5. The van der Waals surface area contributed by atoms with Gasteiger partial charge in [-0.25, -0.2) is 4.39 Å². The third-order valence-electron chi connectivity index (χ3n) is 7.92. The number of unbranched alkanes of at least 4 members (excludes halogenated alkanes) is 2. The average molecular weight is 403 g/mol. The van der Waals surface area contributed by atoms with Crippen LogP contribution in [0.4, 0.5) is 4.39 Å². The molecule has 1 aliphatic heterocycles. The Morgan fingerprint density at radius 3 is 2.63 bits per heavy atom. The third kappa shape index (κ3) is 2.62. The van der Waals surface area contributed by atoms with Crippen LogP contribution in [0.15, 0.2) is 42.6 Å². The molecule has 2 heterocycles. The SMILES string of the molecule is CCCCCc1ccc2cc[n+]3c(c2c1)-c1cc(C)c(F)cc1C1(CCC)CC31C. The van der Waals surface area contributed by atoms with E-state index in [0.717, 1.165) is 31.2 Å². The minimum absolute atomic E-state index is 0.0411. The Hall–Kier alpha value is -2.22. The minimum Gasteiger partial charge on any atom is -0.207 e. The van der Waals surface area contributed by atoms with Gasteiger partial charge in [0.15, 0.2) is 11.7 Å². The van der Waals surface area contributed by atoms with Crippen molar-refractivity contribution in [3.8, 4) is 11.3 Å². The fourth-order valence-corrected chi connectivity index (χ4v) is 6.17. The highest BCUT2D eigenvalue weighted by molar-refractivity contribution is 5.95. The van der Waals surface area contributed by atoms with Crippen molar-refractivity contribution < 1.29 is 8.96 Å². The summed E-state index contributed by atoms with van der Waals surface area (Å²) in [6, 6.07) is 13.2. The molecular weight excluding hydrogens is 369 g/mol. The summed E-state index contributed by atoms with van der Waals surface area (Å²) in [5.74, 6) is -0.0626. The van der Waals surface area contributed by atoms with Gasteiger partial charge in [-0.05, 0) is 66.5 Å². The lowest BCUT2D eigenvalue weighted by molar-refractivity contribution is -0.730. The zero-order chi connectivity index (χ0) is 21.1. The normalized spacial score (nSPS) is 23.8. The molecule has 5 rings (SSSR count). The zero-order valence-electron chi connectivity index (χ0n) is 18.8. The van der Waals surface area contributed by atoms with Crippen molar-refractivity contribution >= 4 is 10.8 Å². The van der Waals surface area contributed by atoms with Crippen LogP contribution in [-0.2, 0) is 17.4 Å². The molecule has 3 aromatic rings. The fourth-order valence-electron chi connectivity index (χ4n) is 6.17. The second kappa shape index (κ2) is 6.90. The van der Waals surface area contributed by atoms with Crippen molar-refractivity contribution in [3.63, 3.8) is 0 Å². The van der Waals surface area contributed by atoms with Gasteiger partial charge in [0.05, 0.1) is 16.4 Å². The predicted octanol–water partition coefficient (Wildman–Crippen LogP) is 7.14. The van der Waals surface area contributed by atoms with Crippen LogP contribution in [-0.4, -0.2) is 0 Å². The number of aromatic nitrogens is 1. The van der Waals surface area contributed by atoms with Gasteiger partial charge < -0.3 is 0 Å². The largest absolute Gasteiger partial charge is 0.221 e. The van der Waals surface area contributed by atoms with Gasteiger partial charge in [0.2, 0.25) is 5.69 Å². The second-order valence-electron chi connectivity index (χ2n) is 9.84. The Morgan fingerprint density at radius 2 is 1.87 bits per heavy atom. The molecule has 2 aromatic carbocycles. The Labute approximate surface area is 179 Å². The summed E-state index contributed by atoms with van der Waals surface area (Å²) in [6.45, 7) is 8.78. The molecule has 2 atom stereocenters. The Bertz CT molecular complexity index is 1150. The summed E-state index contributed by atoms with van der Waals surface area (Å²) in [4.78, 5) is 0. The standard InChI is InChI=1S/C28H33FN/c1-5-7-8-9-20-10-11-21-12-14-30-26(22(21)16-20)23-15-19(3)25(29)17-24(23)28(13-6-2)18-27(28,30)4/h10-12,14-17H,5-9,13,18H2,1-4H3/q+1. The van der Waals surface area contributed by atoms with Crippen LogP contribution in [0.3, 0.4) is 0 Å². The number of fused-ring (bicyclic) bond motifs is 8. The summed E-state index contributed by atoms with van der Waals surface area (Å²) in [7, 11) is 0. The van der Waals surface area contributed by atoms with Crippen LogP contribution < -0.4 is 4.57 Å². The highest BCUT2D eigenvalue weighted by Crippen LogP contribution is 2.66. The van der Waals surface area contributed by atoms with E-state index in [9.17, 15) is 4.39 Å². The number of hydrogen-bond donors (Lipinski definition) is 0. The highest BCUT2D eigenvalue weighted by Gasteiger charge is 2.75. The molecule has 0 bridgehead atoms. The van der Waals surface area contributed by atoms with Crippen molar-refractivity contribution in [2.75, 3.05) is 0 Å².